The number of esters is 3. The summed E-state index contributed by atoms with van der Waals surface area (Å²) in [5.74, 6) is -2.99. The van der Waals surface area contributed by atoms with E-state index in [-0.39, 0.29) is 45.8 Å². The Morgan fingerprint density at radius 1 is 0.368 bits per heavy atom. The van der Waals surface area contributed by atoms with Crippen LogP contribution in [-0.4, -0.2) is 29.7 Å². The molecule has 0 unspecified atom stereocenters. The second-order valence-corrected chi connectivity index (χ2v) is 17.2. The Balaban J connectivity index is 1.07. The fraction of sp³-hybridized carbons (Fsp3) is 0.175. The van der Waals surface area contributed by atoms with E-state index in [9.17, 15) is 24.0 Å². The molecule has 0 heterocycles. The Morgan fingerprint density at radius 2 is 0.647 bits per heavy atom. The van der Waals surface area contributed by atoms with Gasteiger partial charge in [-0.15, -0.1) is 0 Å². The summed E-state index contributed by atoms with van der Waals surface area (Å²) in [5.41, 5.74) is 13.8. The molecule has 11 heteroatoms. The van der Waals surface area contributed by atoms with Crippen LogP contribution in [0.4, 0.5) is 17.1 Å². The lowest BCUT2D eigenvalue weighted by Gasteiger charge is -2.14. The lowest BCUT2D eigenvalue weighted by molar-refractivity contribution is 0.0729. The molecule has 7 aromatic rings. The maximum atomic E-state index is 13.5. The second kappa shape index (κ2) is 20.5. The van der Waals surface area contributed by atoms with Gasteiger partial charge in [-0.05, 0) is 174 Å². The van der Waals surface area contributed by atoms with Crippen molar-refractivity contribution < 1.29 is 38.2 Å². The van der Waals surface area contributed by atoms with Crippen LogP contribution in [0.25, 0.3) is 0 Å². The van der Waals surface area contributed by atoms with E-state index in [0.29, 0.717) is 29.0 Å². The number of nitrogens with one attached hydrogen (secondary N) is 3. The van der Waals surface area contributed by atoms with Gasteiger partial charge in [0.2, 0.25) is 0 Å². The number of hydrogen-bond acceptors (Lipinski definition) is 9. The summed E-state index contributed by atoms with van der Waals surface area (Å²) in [5, 5.41) is 9.19. The number of amides is 2. The quantitative estimate of drug-likeness (QED) is 0.0759. The molecular weight excluding hydrogens is 855 g/mol. The SMILES string of the molecule is Cc1cc(C)c(CNc2ccc(C(=O)Oc3cc(OC(=O)c4ccc(NC(=O)c5c(C)cc(C)cc5C)cc4)cc(OC(=O)c4ccc(NC(=O)c5c(C)cc(C)cc5C)cc4)c3)cc2)c(C)c1. The third-order valence-corrected chi connectivity index (χ3v) is 11.5. The van der Waals surface area contributed by atoms with Crippen LogP contribution in [0.2, 0.25) is 0 Å². The molecular formula is C57H53N3O8. The summed E-state index contributed by atoms with van der Waals surface area (Å²) < 4.78 is 17.3. The molecule has 2 amide bonds. The molecule has 3 N–H and O–H groups in total. The van der Waals surface area contributed by atoms with Gasteiger partial charge in [0.05, 0.1) is 16.7 Å². The van der Waals surface area contributed by atoms with E-state index in [1.807, 2.05) is 65.8 Å². The van der Waals surface area contributed by atoms with E-state index in [4.69, 9.17) is 14.2 Å². The van der Waals surface area contributed by atoms with Crippen molar-refractivity contribution in [3.8, 4) is 17.2 Å². The first-order valence-electron chi connectivity index (χ1n) is 22.1. The Morgan fingerprint density at radius 3 is 0.956 bits per heavy atom. The molecule has 0 aliphatic rings. The lowest BCUT2D eigenvalue weighted by atomic mass is 9.99. The van der Waals surface area contributed by atoms with E-state index < -0.39 is 17.9 Å². The zero-order valence-electron chi connectivity index (χ0n) is 39.6. The second-order valence-electron chi connectivity index (χ2n) is 17.2. The molecule has 0 aliphatic carbocycles. The number of ether oxygens (including phenoxy) is 3. The van der Waals surface area contributed by atoms with Crippen LogP contribution >= 0.6 is 0 Å². The van der Waals surface area contributed by atoms with Gasteiger partial charge in [-0.2, -0.15) is 0 Å². The topological polar surface area (TPSA) is 149 Å². The minimum Gasteiger partial charge on any atom is -0.423 e. The number of hydrogen-bond donors (Lipinski definition) is 3. The minimum absolute atomic E-state index is 0.0601. The summed E-state index contributed by atoms with van der Waals surface area (Å²) in [6.07, 6.45) is 0. The molecule has 0 saturated heterocycles. The van der Waals surface area contributed by atoms with Crippen molar-refractivity contribution in [2.24, 2.45) is 0 Å². The minimum atomic E-state index is -0.762. The highest BCUT2D eigenvalue weighted by atomic mass is 16.6. The highest BCUT2D eigenvalue weighted by molar-refractivity contribution is 6.07. The predicted molar refractivity (Wildman–Crippen MR) is 266 cm³/mol. The van der Waals surface area contributed by atoms with Crippen LogP contribution in [0.1, 0.15) is 107 Å². The number of anilines is 3. The average molecular weight is 908 g/mol. The highest BCUT2D eigenvalue weighted by Crippen LogP contribution is 2.31. The first kappa shape index (κ1) is 47.6. The molecule has 0 radical (unpaired) electrons. The molecule has 0 fully saturated rings. The zero-order chi connectivity index (χ0) is 48.8. The summed E-state index contributed by atoms with van der Waals surface area (Å²) in [6.45, 7) is 18.3. The third kappa shape index (κ3) is 11.6. The van der Waals surface area contributed by atoms with Crippen molar-refractivity contribution >= 4 is 46.8 Å². The van der Waals surface area contributed by atoms with Crippen molar-refractivity contribution in [2.45, 2.75) is 68.9 Å². The van der Waals surface area contributed by atoms with Gasteiger partial charge in [0.15, 0.2) is 0 Å². The van der Waals surface area contributed by atoms with Gasteiger partial charge in [0, 0.05) is 52.9 Å². The molecule has 0 aromatic heterocycles. The normalized spacial score (nSPS) is 10.8. The first-order chi connectivity index (χ1) is 32.4. The predicted octanol–water partition coefficient (Wildman–Crippen LogP) is 12.2. The average Bonchev–Trinajstić information content (AvgIpc) is 3.26. The van der Waals surface area contributed by atoms with Crippen LogP contribution in [0.15, 0.2) is 127 Å². The van der Waals surface area contributed by atoms with Crippen LogP contribution in [0.5, 0.6) is 17.2 Å². The van der Waals surface area contributed by atoms with Crippen molar-refractivity contribution in [3.05, 3.63) is 211 Å². The largest absolute Gasteiger partial charge is 0.423 e. The van der Waals surface area contributed by atoms with Gasteiger partial charge in [-0.3, -0.25) is 9.59 Å². The molecule has 0 atom stereocenters. The molecule has 0 bridgehead atoms. The van der Waals surface area contributed by atoms with E-state index in [0.717, 1.165) is 39.1 Å². The van der Waals surface area contributed by atoms with Crippen molar-refractivity contribution in [1.29, 1.82) is 0 Å². The van der Waals surface area contributed by atoms with Crippen LogP contribution in [0.3, 0.4) is 0 Å². The van der Waals surface area contributed by atoms with Gasteiger partial charge in [-0.25, -0.2) is 14.4 Å². The highest BCUT2D eigenvalue weighted by Gasteiger charge is 2.19. The number of aryl methyl sites for hydroxylation is 9. The maximum absolute atomic E-state index is 13.5. The van der Waals surface area contributed by atoms with Crippen LogP contribution in [-0.2, 0) is 6.54 Å². The third-order valence-electron chi connectivity index (χ3n) is 11.5. The van der Waals surface area contributed by atoms with Crippen molar-refractivity contribution in [1.82, 2.24) is 0 Å². The van der Waals surface area contributed by atoms with E-state index >= 15 is 0 Å². The molecule has 0 spiro atoms. The number of carbonyl (C=O) groups excluding carboxylic acids is 5. The molecule has 11 nitrogen and oxygen atoms in total. The van der Waals surface area contributed by atoms with Crippen molar-refractivity contribution in [3.63, 3.8) is 0 Å². The van der Waals surface area contributed by atoms with Gasteiger partial charge in [-0.1, -0.05) is 53.1 Å². The van der Waals surface area contributed by atoms with Crippen LogP contribution < -0.4 is 30.2 Å². The molecule has 344 valence electrons. The molecule has 0 saturated carbocycles. The molecule has 68 heavy (non-hydrogen) atoms. The van der Waals surface area contributed by atoms with E-state index in [1.165, 1.54) is 64.7 Å². The number of carbonyl (C=O) groups is 5. The standard InChI is InChI=1S/C57H53N3O8/c1-32-22-35(4)50(36(5)23-32)31-58-44-16-10-41(11-17-44)55(63)66-47-28-48(67-56(64)42-12-18-45(19-13-42)59-53(61)51-37(6)24-33(2)25-38(51)7)30-49(29-47)68-57(65)43-14-20-46(21-15-43)60-54(62)52-39(8)26-34(3)27-40(52)9/h10-30,58H,31H2,1-9H3,(H,59,61)(H,60,62). The smallest absolute Gasteiger partial charge is 0.343 e. The lowest BCUT2D eigenvalue weighted by Crippen LogP contribution is -2.16. The molecule has 0 aliphatic heterocycles. The van der Waals surface area contributed by atoms with Gasteiger partial charge in [0.1, 0.15) is 17.2 Å². The Labute approximate surface area is 396 Å². The first-order valence-corrected chi connectivity index (χ1v) is 22.1. The van der Waals surface area contributed by atoms with Crippen molar-refractivity contribution in [2.75, 3.05) is 16.0 Å². The monoisotopic (exact) mass is 907 g/mol. The van der Waals surface area contributed by atoms with E-state index in [2.05, 4.69) is 48.9 Å². The van der Waals surface area contributed by atoms with Gasteiger partial charge >= 0.3 is 17.9 Å². The van der Waals surface area contributed by atoms with Crippen LogP contribution in [0, 0.1) is 62.3 Å². The Kier molecular flexibility index (Phi) is 14.3. The number of rotatable bonds is 13. The fourth-order valence-corrected chi connectivity index (χ4v) is 8.47. The molecule has 7 rings (SSSR count). The van der Waals surface area contributed by atoms with E-state index in [1.54, 1.807) is 48.5 Å². The molecule has 7 aromatic carbocycles. The Hall–Kier alpha value is -8.31. The van der Waals surface area contributed by atoms with Gasteiger partial charge < -0.3 is 30.2 Å². The Bertz CT molecular complexity index is 2880. The fourth-order valence-electron chi connectivity index (χ4n) is 8.47. The zero-order valence-corrected chi connectivity index (χ0v) is 39.6. The summed E-state index contributed by atoms with van der Waals surface area (Å²) >= 11 is 0. The summed E-state index contributed by atoms with van der Waals surface area (Å²) in [4.78, 5) is 66.9. The number of benzene rings is 7. The summed E-state index contributed by atoms with van der Waals surface area (Å²) in [7, 11) is 0. The summed E-state index contributed by atoms with van der Waals surface area (Å²) in [6, 6.07) is 35.3. The maximum Gasteiger partial charge on any atom is 0.343 e. The van der Waals surface area contributed by atoms with Gasteiger partial charge in [0.25, 0.3) is 11.8 Å².